The molecule has 10 nitrogen and oxygen atoms in total. The van der Waals surface area contributed by atoms with E-state index >= 15 is 0 Å². The highest BCUT2D eigenvalue weighted by Crippen LogP contribution is 2.37. The van der Waals surface area contributed by atoms with Gasteiger partial charge in [-0.05, 0) is 38.5 Å². The third-order valence-corrected chi connectivity index (χ3v) is 6.49. The van der Waals surface area contributed by atoms with Gasteiger partial charge in [0.2, 0.25) is 5.88 Å². The lowest BCUT2D eigenvalue weighted by molar-refractivity contribution is 0.0969. The number of aryl methyl sites for hydroxylation is 2. The first-order chi connectivity index (χ1) is 18.3. The number of anilines is 1. The molecule has 1 N–H and O–H groups in total. The number of rotatable bonds is 7. The summed E-state index contributed by atoms with van der Waals surface area (Å²) in [5.74, 6) is 0.145. The number of thiazole rings is 1. The fourth-order valence-electron chi connectivity index (χ4n) is 3.69. The van der Waals surface area contributed by atoms with Crippen molar-refractivity contribution in [1.29, 1.82) is 0 Å². The topological polar surface area (TPSA) is 121 Å². The maximum atomic E-state index is 14.9. The molecule has 5 rings (SSSR count). The first-order valence-electron chi connectivity index (χ1n) is 11.6. The fraction of sp³-hybridized carbons (Fsp3) is 0.231. The molecule has 0 aliphatic heterocycles. The molecule has 3 aromatic heterocycles. The Labute approximate surface area is 220 Å². The number of hydrogen-bond acceptors (Lipinski definition) is 10. The highest BCUT2D eigenvalue weighted by molar-refractivity contribution is 7.21. The van der Waals surface area contributed by atoms with Crippen molar-refractivity contribution < 1.29 is 23.4 Å². The Kier molecular flexibility index (Phi) is 6.97. The van der Waals surface area contributed by atoms with Crippen LogP contribution < -0.4 is 14.8 Å². The number of aromatic nitrogens is 5. The maximum absolute atomic E-state index is 14.9. The van der Waals surface area contributed by atoms with E-state index in [0.29, 0.717) is 27.4 Å². The molecular weight excluding hydrogens is 511 g/mol. The standard InChI is InChI=1S/C26H23FN6O4S/c1-13-5-16(24-19(6-13)31-23(35-4)11-30-24)25-32-18-7-17(27)20(8-21(18)38-25)37-15(3)12-36-26(34)33-22-10-28-14(2)9-29-22/h5-11,15H,12H2,1-4H3,(H,29,33,34)/t15-/m0/s1. The summed E-state index contributed by atoms with van der Waals surface area (Å²) in [7, 11) is 1.54. The van der Waals surface area contributed by atoms with E-state index in [1.54, 1.807) is 26.1 Å². The van der Waals surface area contributed by atoms with Crippen LogP contribution in [0.5, 0.6) is 11.6 Å². The van der Waals surface area contributed by atoms with Crippen molar-refractivity contribution in [2.24, 2.45) is 0 Å². The van der Waals surface area contributed by atoms with Crippen LogP contribution in [0.25, 0.3) is 31.8 Å². The van der Waals surface area contributed by atoms with Crippen LogP contribution in [0.15, 0.2) is 42.9 Å². The lowest BCUT2D eigenvalue weighted by Crippen LogP contribution is -2.24. The Morgan fingerprint density at radius 2 is 1.89 bits per heavy atom. The monoisotopic (exact) mass is 534 g/mol. The molecule has 0 aliphatic rings. The highest BCUT2D eigenvalue weighted by atomic mass is 32.1. The molecule has 0 saturated heterocycles. The number of methoxy groups -OCH3 is 1. The molecule has 0 aliphatic carbocycles. The van der Waals surface area contributed by atoms with Gasteiger partial charge in [0.15, 0.2) is 17.4 Å². The SMILES string of the molecule is COc1cnc2c(-c3nc4cc(F)c(O[C@@H](C)COC(=O)Nc5cnc(C)cn5)cc4s3)cc(C)cc2n1. The van der Waals surface area contributed by atoms with Crippen molar-refractivity contribution in [2.45, 2.75) is 26.9 Å². The summed E-state index contributed by atoms with van der Waals surface area (Å²) in [6, 6.07) is 6.82. The second kappa shape index (κ2) is 10.5. The molecule has 5 aromatic rings. The summed E-state index contributed by atoms with van der Waals surface area (Å²) < 4.78 is 31.7. The van der Waals surface area contributed by atoms with Crippen LogP contribution in [-0.2, 0) is 4.74 Å². The Balaban J connectivity index is 1.32. The number of amides is 1. The van der Waals surface area contributed by atoms with Gasteiger partial charge in [-0.25, -0.2) is 29.1 Å². The number of fused-ring (bicyclic) bond motifs is 2. The van der Waals surface area contributed by atoms with Crippen LogP contribution in [0.3, 0.4) is 0 Å². The van der Waals surface area contributed by atoms with Crippen LogP contribution in [0.1, 0.15) is 18.2 Å². The zero-order chi connectivity index (χ0) is 26.8. The molecule has 0 saturated carbocycles. The zero-order valence-electron chi connectivity index (χ0n) is 21.0. The molecule has 0 bridgehead atoms. The van der Waals surface area contributed by atoms with Gasteiger partial charge in [-0.1, -0.05) is 0 Å². The first-order valence-corrected chi connectivity index (χ1v) is 12.4. The summed E-state index contributed by atoms with van der Waals surface area (Å²) in [6.45, 7) is 5.32. The number of carbonyl (C=O) groups excluding carboxylic acids is 1. The summed E-state index contributed by atoms with van der Waals surface area (Å²) >= 11 is 1.39. The molecular formula is C26H23FN6O4S. The van der Waals surface area contributed by atoms with E-state index in [0.717, 1.165) is 21.5 Å². The first kappa shape index (κ1) is 25.2. The van der Waals surface area contributed by atoms with E-state index in [-0.39, 0.29) is 18.2 Å². The highest BCUT2D eigenvalue weighted by Gasteiger charge is 2.17. The summed E-state index contributed by atoms with van der Waals surface area (Å²) in [6.07, 6.45) is 3.17. The van der Waals surface area contributed by atoms with Gasteiger partial charge in [0.25, 0.3) is 0 Å². The molecule has 0 fully saturated rings. The second-order valence-corrected chi connectivity index (χ2v) is 9.59. The number of ether oxygens (including phenoxy) is 3. The van der Waals surface area contributed by atoms with Gasteiger partial charge >= 0.3 is 6.09 Å². The summed E-state index contributed by atoms with van der Waals surface area (Å²) in [5.41, 5.74) is 4.35. The third-order valence-electron chi connectivity index (χ3n) is 5.44. The number of halogens is 1. The summed E-state index contributed by atoms with van der Waals surface area (Å²) in [5, 5.41) is 3.16. The van der Waals surface area contributed by atoms with Crippen molar-refractivity contribution in [1.82, 2.24) is 24.9 Å². The average Bonchev–Trinajstić information content (AvgIpc) is 3.30. The Hall–Kier alpha value is -4.45. The van der Waals surface area contributed by atoms with Crippen molar-refractivity contribution in [2.75, 3.05) is 19.0 Å². The molecule has 3 heterocycles. The van der Waals surface area contributed by atoms with E-state index in [2.05, 4.69) is 30.2 Å². The van der Waals surface area contributed by atoms with E-state index in [4.69, 9.17) is 14.2 Å². The van der Waals surface area contributed by atoms with Gasteiger partial charge in [-0.15, -0.1) is 11.3 Å². The molecule has 1 atom stereocenters. The van der Waals surface area contributed by atoms with E-state index < -0.39 is 18.0 Å². The van der Waals surface area contributed by atoms with Gasteiger partial charge < -0.3 is 14.2 Å². The van der Waals surface area contributed by atoms with E-state index in [9.17, 15) is 9.18 Å². The van der Waals surface area contributed by atoms with Crippen molar-refractivity contribution >= 4 is 44.5 Å². The predicted molar refractivity (Wildman–Crippen MR) is 141 cm³/mol. The van der Waals surface area contributed by atoms with Gasteiger partial charge in [-0.3, -0.25) is 10.3 Å². The van der Waals surface area contributed by atoms with Gasteiger partial charge in [0.1, 0.15) is 17.7 Å². The Morgan fingerprint density at radius 1 is 1.05 bits per heavy atom. The van der Waals surface area contributed by atoms with Crippen LogP contribution >= 0.6 is 11.3 Å². The molecule has 2 aromatic carbocycles. The van der Waals surface area contributed by atoms with E-state index in [1.807, 2.05) is 19.1 Å². The molecule has 1 amide bonds. The molecule has 194 valence electrons. The van der Waals surface area contributed by atoms with Gasteiger partial charge in [0, 0.05) is 17.7 Å². The minimum atomic E-state index is -0.715. The molecule has 0 spiro atoms. The number of benzene rings is 2. The predicted octanol–water partition coefficient (Wildman–Crippen LogP) is 5.48. The minimum absolute atomic E-state index is 0.0345. The number of hydrogen-bond donors (Lipinski definition) is 1. The quantitative estimate of drug-likeness (QED) is 0.289. The lowest BCUT2D eigenvalue weighted by Gasteiger charge is -2.15. The molecule has 12 heteroatoms. The van der Waals surface area contributed by atoms with Gasteiger partial charge in [0.05, 0.1) is 52.6 Å². The normalized spacial score (nSPS) is 11.9. The molecule has 38 heavy (non-hydrogen) atoms. The maximum Gasteiger partial charge on any atom is 0.412 e. The van der Waals surface area contributed by atoms with Crippen LogP contribution in [0.2, 0.25) is 0 Å². The largest absolute Gasteiger partial charge is 0.484 e. The lowest BCUT2D eigenvalue weighted by atomic mass is 10.1. The number of nitrogens with zero attached hydrogens (tertiary/aromatic N) is 5. The minimum Gasteiger partial charge on any atom is -0.484 e. The van der Waals surface area contributed by atoms with Crippen LogP contribution in [0, 0.1) is 19.7 Å². The number of carbonyl (C=O) groups is 1. The zero-order valence-corrected chi connectivity index (χ0v) is 21.8. The van der Waals surface area contributed by atoms with E-state index in [1.165, 1.54) is 36.9 Å². The smallest absolute Gasteiger partial charge is 0.412 e. The van der Waals surface area contributed by atoms with Crippen molar-refractivity contribution in [3.8, 4) is 22.2 Å². The van der Waals surface area contributed by atoms with Gasteiger partial charge in [-0.2, -0.15) is 0 Å². The van der Waals surface area contributed by atoms with Crippen molar-refractivity contribution in [3.05, 3.63) is 59.9 Å². The molecule has 0 radical (unpaired) electrons. The van der Waals surface area contributed by atoms with Crippen LogP contribution in [-0.4, -0.2) is 50.8 Å². The van der Waals surface area contributed by atoms with Crippen LogP contribution in [0.4, 0.5) is 15.0 Å². The Bertz CT molecular complexity index is 1640. The number of nitrogens with one attached hydrogen (secondary N) is 1. The third kappa shape index (κ3) is 5.44. The summed E-state index contributed by atoms with van der Waals surface area (Å²) in [4.78, 5) is 33.7. The second-order valence-electron chi connectivity index (χ2n) is 8.56. The molecule has 0 unspecified atom stereocenters. The average molecular weight is 535 g/mol. The van der Waals surface area contributed by atoms with Crippen molar-refractivity contribution in [3.63, 3.8) is 0 Å². The fourth-order valence-corrected chi connectivity index (χ4v) is 4.68. The Morgan fingerprint density at radius 3 is 2.66 bits per heavy atom.